The summed E-state index contributed by atoms with van der Waals surface area (Å²) in [7, 11) is 0. The van der Waals surface area contributed by atoms with Gasteiger partial charge >= 0.3 is 23.9 Å². The summed E-state index contributed by atoms with van der Waals surface area (Å²) in [5.74, 6) is -6.58. The second kappa shape index (κ2) is 11.1. The van der Waals surface area contributed by atoms with Gasteiger partial charge in [0, 0.05) is 5.57 Å². The molecular weight excluding hydrogens is 428 g/mol. The molecule has 33 heavy (non-hydrogen) atoms. The smallest absolute Gasteiger partial charge is 0.332 e. The molecule has 174 valence electrons. The van der Waals surface area contributed by atoms with Crippen LogP contribution in [0.5, 0.6) is 11.5 Å². The van der Waals surface area contributed by atoms with Crippen LogP contribution in [0.15, 0.2) is 59.7 Å². The maximum Gasteiger partial charge on any atom is 0.332 e. The minimum Gasteiger partial charge on any atom is -0.481 e. The van der Waals surface area contributed by atoms with Crippen LogP contribution in [0, 0.1) is 25.7 Å². The number of carboxylic acids is 2. The lowest BCUT2D eigenvalue weighted by molar-refractivity contribution is -0.141. The van der Waals surface area contributed by atoms with Gasteiger partial charge in [0.05, 0.1) is 18.3 Å². The average molecular weight is 454 g/mol. The maximum atomic E-state index is 12.8. The van der Waals surface area contributed by atoms with Crippen LogP contribution in [0.4, 0.5) is 0 Å². The van der Waals surface area contributed by atoms with E-state index in [9.17, 15) is 29.4 Å². The topological polar surface area (TPSA) is 127 Å². The van der Waals surface area contributed by atoms with Crippen LogP contribution in [0.25, 0.3) is 0 Å². The number of rotatable bonds is 9. The Labute approximate surface area is 191 Å². The number of carbonyl (C=O) groups excluding carboxylic acids is 2. The Morgan fingerprint density at radius 2 is 1.09 bits per heavy atom. The summed E-state index contributed by atoms with van der Waals surface area (Å²) in [6.07, 6.45) is -0.880. The van der Waals surface area contributed by atoms with Crippen molar-refractivity contribution in [3.8, 4) is 11.5 Å². The van der Waals surface area contributed by atoms with Crippen LogP contribution >= 0.6 is 0 Å². The Morgan fingerprint density at radius 3 is 1.39 bits per heavy atom. The fourth-order valence-electron chi connectivity index (χ4n) is 3.23. The van der Waals surface area contributed by atoms with Crippen molar-refractivity contribution in [2.75, 3.05) is 0 Å². The van der Waals surface area contributed by atoms with E-state index in [1.165, 1.54) is 13.8 Å². The molecule has 0 spiro atoms. The molecule has 2 rings (SSSR count). The molecule has 8 nitrogen and oxygen atoms in total. The van der Waals surface area contributed by atoms with Crippen LogP contribution < -0.4 is 9.47 Å². The van der Waals surface area contributed by atoms with E-state index in [-0.39, 0.29) is 17.1 Å². The largest absolute Gasteiger partial charge is 0.481 e. The number of ether oxygens (including phenoxy) is 2. The normalized spacial score (nSPS) is 12.2. The molecule has 0 saturated carbocycles. The van der Waals surface area contributed by atoms with E-state index in [1.807, 2.05) is 13.8 Å². The van der Waals surface area contributed by atoms with Crippen LogP contribution in [0.3, 0.4) is 0 Å². The molecule has 8 heteroatoms. The molecular formula is C25H26O8. The highest BCUT2D eigenvalue weighted by Crippen LogP contribution is 2.30. The van der Waals surface area contributed by atoms with Crippen LogP contribution in [0.2, 0.25) is 0 Å². The first-order valence-electron chi connectivity index (χ1n) is 10.2. The van der Waals surface area contributed by atoms with Gasteiger partial charge in [0.25, 0.3) is 0 Å². The SMILES string of the molecule is Cc1ccc(OC(=O)C(C)C(=C(CC(=O)O)C(=O)O)C(C)C(=O)Oc2ccc(C)cc2)cc1. The fourth-order valence-corrected chi connectivity index (χ4v) is 3.23. The lowest BCUT2D eigenvalue weighted by Crippen LogP contribution is -2.31. The van der Waals surface area contributed by atoms with Crippen molar-refractivity contribution in [3.05, 3.63) is 70.8 Å². The van der Waals surface area contributed by atoms with Gasteiger partial charge in [-0.05, 0) is 57.5 Å². The molecule has 0 saturated heterocycles. The third-order valence-corrected chi connectivity index (χ3v) is 5.05. The van der Waals surface area contributed by atoms with Gasteiger partial charge in [-0.15, -0.1) is 0 Å². The van der Waals surface area contributed by atoms with E-state index < -0.39 is 47.7 Å². The molecule has 0 aliphatic carbocycles. The second-order valence-electron chi connectivity index (χ2n) is 7.72. The summed E-state index contributed by atoms with van der Waals surface area (Å²) < 4.78 is 10.7. The number of carbonyl (C=O) groups is 4. The Bertz CT molecular complexity index is 997. The third kappa shape index (κ3) is 7.03. The molecule has 2 atom stereocenters. The number of esters is 2. The third-order valence-electron chi connectivity index (χ3n) is 5.05. The van der Waals surface area contributed by atoms with E-state index in [4.69, 9.17) is 9.47 Å². The Morgan fingerprint density at radius 1 is 0.727 bits per heavy atom. The minimum absolute atomic E-state index is 0.181. The minimum atomic E-state index is -1.54. The molecule has 2 aromatic rings. The molecule has 0 aromatic heterocycles. The first-order valence-corrected chi connectivity index (χ1v) is 10.2. The van der Waals surface area contributed by atoms with Gasteiger partial charge in [0.15, 0.2) is 0 Å². The van der Waals surface area contributed by atoms with Crippen molar-refractivity contribution < 1.29 is 38.9 Å². The number of hydrogen-bond acceptors (Lipinski definition) is 6. The zero-order valence-corrected chi connectivity index (χ0v) is 18.8. The first kappa shape index (κ1) is 25.3. The lowest BCUT2D eigenvalue weighted by Gasteiger charge is -2.22. The quantitative estimate of drug-likeness (QED) is 0.331. The number of carboxylic acid groups (broad SMARTS) is 2. The predicted octanol–water partition coefficient (Wildman–Crippen LogP) is 3.94. The van der Waals surface area contributed by atoms with Gasteiger partial charge in [-0.3, -0.25) is 14.4 Å². The van der Waals surface area contributed by atoms with Crippen molar-refractivity contribution in [2.24, 2.45) is 11.8 Å². The van der Waals surface area contributed by atoms with E-state index in [0.29, 0.717) is 0 Å². The Balaban J connectivity index is 2.40. The number of hydrogen-bond donors (Lipinski definition) is 2. The van der Waals surface area contributed by atoms with Crippen LogP contribution in [-0.2, 0) is 19.2 Å². The van der Waals surface area contributed by atoms with Crippen molar-refractivity contribution in [1.82, 2.24) is 0 Å². The van der Waals surface area contributed by atoms with Gasteiger partial charge in [0.2, 0.25) is 0 Å². The highest BCUT2D eigenvalue weighted by Gasteiger charge is 2.34. The van der Waals surface area contributed by atoms with Crippen molar-refractivity contribution >= 4 is 23.9 Å². The molecule has 2 N–H and O–H groups in total. The van der Waals surface area contributed by atoms with E-state index in [2.05, 4.69) is 0 Å². The molecule has 0 amide bonds. The van der Waals surface area contributed by atoms with Crippen LogP contribution in [0.1, 0.15) is 31.4 Å². The van der Waals surface area contributed by atoms with Gasteiger partial charge in [-0.2, -0.15) is 0 Å². The fraction of sp³-hybridized carbons (Fsp3) is 0.280. The van der Waals surface area contributed by atoms with E-state index >= 15 is 0 Å². The summed E-state index contributed by atoms with van der Waals surface area (Å²) in [5, 5.41) is 18.9. The van der Waals surface area contributed by atoms with Crippen molar-refractivity contribution in [1.29, 1.82) is 0 Å². The Kier molecular flexibility index (Phi) is 8.50. The number of benzene rings is 2. The summed E-state index contributed by atoms with van der Waals surface area (Å²) in [5.41, 5.74) is 1.15. The summed E-state index contributed by atoms with van der Waals surface area (Å²) in [6.45, 7) is 6.46. The molecule has 2 unspecified atom stereocenters. The van der Waals surface area contributed by atoms with Gasteiger partial charge < -0.3 is 19.7 Å². The molecule has 2 aromatic carbocycles. The molecule has 0 fully saturated rings. The second-order valence-corrected chi connectivity index (χ2v) is 7.72. The van der Waals surface area contributed by atoms with E-state index in [0.717, 1.165) is 11.1 Å². The first-order chi connectivity index (χ1) is 15.5. The van der Waals surface area contributed by atoms with Gasteiger partial charge in [0.1, 0.15) is 11.5 Å². The highest BCUT2D eigenvalue weighted by atomic mass is 16.5. The van der Waals surface area contributed by atoms with Crippen molar-refractivity contribution in [2.45, 2.75) is 34.1 Å². The van der Waals surface area contributed by atoms with Crippen molar-refractivity contribution in [3.63, 3.8) is 0 Å². The zero-order chi connectivity index (χ0) is 24.7. The predicted molar refractivity (Wildman–Crippen MR) is 119 cm³/mol. The lowest BCUT2D eigenvalue weighted by atomic mass is 9.84. The maximum absolute atomic E-state index is 12.8. The highest BCUT2D eigenvalue weighted by molar-refractivity contribution is 5.96. The summed E-state index contributed by atoms with van der Waals surface area (Å²) >= 11 is 0. The van der Waals surface area contributed by atoms with Gasteiger partial charge in [-0.25, -0.2) is 4.79 Å². The molecule has 0 heterocycles. The number of aliphatic carboxylic acids is 2. The zero-order valence-electron chi connectivity index (χ0n) is 18.8. The molecule has 0 aliphatic heterocycles. The number of aryl methyl sites for hydroxylation is 2. The molecule has 0 radical (unpaired) electrons. The van der Waals surface area contributed by atoms with Crippen LogP contribution in [-0.4, -0.2) is 34.1 Å². The van der Waals surface area contributed by atoms with E-state index in [1.54, 1.807) is 48.5 Å². The standard InChI is InChI=1S/C25H26O8/c1-14-5-9-18(10-6-14)32-24(30)16(3)22(20(23(28)29)13-21(26)27)17(4)25(31)33-19-11-7-15(2)8-12-19/h5-12,16-17H,13H2,1-4H3,(H,26,27)(H,28,29). The van der Waals surface area contributed by atoms with Gasteiger partial charge in [-0.1, -0.05) is 35.4 Å². The molecule has 0 bridgehead atoms. The Hall–Kier alpha value is -3.94. The molecule has 0 aliphatic rings. The summed E-state index contributed by atoms with van der Waals surface area (Å²) in [6, 6.07) is 13.2. The summed E-state index contributed by atoms with van der Waals surface area (Å²) in [4.78, 5) is 48.9. The average Bonchev–Trinajstić information content (AvgIpc) is 2.75. The monoisotopic (exact) mass is 454 g/mol.